The number of furan rings is 1. The first-order valence-electron chi connectivity index (χ1n) is 7.71. The highest BCUT2D eigenvalue weighted by Crippen LogP contribution is 2.25. The van der Waals surface area contributed by atoms with E-state index in [0.29, 0.717) is 13.0 Å². The summed E-state index contributed by atoms with van der Waals surface area (Å²) in [5.74, 6) is 0.759. The second-order valence-corrected chi connectivity index (χ2v) is 5.56. The Morgan fingerprint density at radius 3 is 2.61 bits per heavy atom. The normalized spacial score (nSPS) is 12.0. The van der Waals surface area contributed by atoms with E-state index in [-0.39, 0.29) is 11.9 Å². The molecule has 1 amide bonds. The minimum atomic E-state index is -0.0113. The number of rotatable bonds is 6. The Labute approximate surface area is 135 Å². The maximum atomic E-state index is 12.4. The van der Waals surface area contributed by atoms with Gasteiger partial charge in [0.1, 0.15) is 5.76 Å². The van der Waals surface area contributed by atoms with Crippen LogP contribution in [0.3, 0.4) is 0 Å². The first-order chi connectivity index (χ1) is 11.2. The molecule has 1 N–H and O–H groups in total. The van der Waals surface area contributed by atoms with Gasteiger partial charge < -0.3 is 14.3 Å². The smallest absolute Gasteiger partial charge is 0.222 e. The molecule has 0 bridgehead atoms. The highest BCUT2D eigenvalue weighted by atomic mass is 16.3. The average molecular weight is 308 g/mol. The van der Waals surface area contributed by atoms with E-state index in [1.807, 2.05) is 48.8 Å². The van der Waals surface area contributed by atoms with Crippen LogP contribution >= 0.6 is 0 Å². The van der Waals surface area contributed by atoms with Crippen LogP contribution in [-0.4, -0.2) is 10.5 Å². The molecule has 0 fully saturated rings. The molecule has 0 saturated heterocycles. The van der Waals surface area contributed by atoms with Crippen molar-refractivity contribution in [1.29, 1.82) is 0 Å². The minimum absolute atomic E-state index is 0.00310. The van der Waals surface area contributed by atoms with Gasteiger partial charge in [-0.25, -0.2) is 0 Å². The van der Waals surface area contributed by atoms with Gasteiger partial charge in [0.05, 0.1) is 25.3 Å². The predicted octanol–water partition coefficient (Wildman–Crippen LogP) is 3.69. The first kappa shape index (κ1) is 15.2. The van der Waals surface area contributed by atoms with Crippen LogP contribution in [0.1, 0.15) is 29.3 Å². The van der Waals surface area contributed by atoms with Gasteiger partial charge in [-0.3, -0.25) is 4.79 Å². The zero-order valence-corrected chi connectivity index (χ0v) is 13.1. The highest BCUT2D eigenvalue weighted by molar-refractivity contribution is 5.76. The van der Waals surface area contributed by atoms with E-state index in [1.54, 1.807) is 6.26 Å². The van der Waals surface area contributed by atoms with Crippen LogP contribution in [-0.2, 0) is 11.3 Å². The number of aryl methyl sites for hydroxylation is 1. The van der Waals surface area contributed by atoms with E-state index < -0.39 is 0 Å². The number of hydrogen-bond acceptors (Lipinski definition) is 2. The van der Waals surface area contributed by atoms with Gasteiger partial charge in [0.25, 0.3) is 0 Å². The second-order valence-electron chi connectivity index (χ2n) is 5.56. The minimum Gasteiger partial charge on any atom is -0.467 e. The third-order valence-electron chi connectivity index (χ3n) is 3.95. The van der Waals surface area contributed by atoms with Gasteiger partial charge in [-0.15, -0.1) is 0 Å². The van der Waals surface area contributed by atoms with Crippen molar-refractivity contribution in [3.63, 3.8) is 0 Å². The van der Waals surface area contributed by atoms with Gasteiger partial charge in [0.2, 0.25) is 5.91 Å². The molecule has 0 saturated carbocycles. The molecule has 0 aliphatic heterocycles. The number of benzene rings is 1. The molecule has 0 aliphatic carbocycles. The monoisotopic (exact) mass is 308 g/mol. The molecule has 0 radical (unpaired) electrons. The molecule has 4 heteroatoms. The standard InChI is InChI=1S/C19H20N2O2/c1-15-7-2-3-9-17(15)18(21-10-4-5-11-21)13-19(22)20-14-16-8-6-12-23-16/h2-12,18H,13-14H2,1H3,(H,20,22). The summed E-state index contributed by atoms with van der Waals surface area (Å²) < 4.78 is 7.32. The number of carbonyl (C=O) groups excluding carboxylic acids is 1. The van der Waals surface area contributed by atoms with E-state index in [0.717, 1.165) is 11.3 Å². The summed E-state index contributed by atoms with van der Waals surface area (Å²) in [4.78, 5) is 12.4. The van der Waals surface area contributed by atoms with Gasteiger partial charge in [-0.1, -0.05) is 24.3 Å². The van der Waals surface area contributed by atoms with Crippen LogP contribution in [0, 0.1) is 6.92 Å². The topological polar surface area (TPSA) is 47.2 Å². The Hall–Kier alpha value is -2.75. The summed E-state index contributed by atoms with van der Waals surface area (Å²) in [5.41, 5.74) is 2.35. The van der Waals surface area contributed by atoms with Gasteiger partial charge >= 0.3 is 0 Å². The zero-order valence-electron chi connectivity index (χ0n) is 13.1. The van der Waals surface area contributed by atoms with E-state index in [1.165, 1.54) is 5.56 Å². The molecule has 3 rings (SSSR count). The van der Waals surface area contributed by atoms with Crippen LogP contribution < -0.4 is 5.32 Å². The molecule has 0 aliphatic rings. The maximum Gasteiger partial charge on any atom is 0.222 e. The van der Waals surface area contributed by atoms with Crippen LogP contribution in [0.15, 0.2) is 71.6 Å². The molecule has 1 unspecified atom stereocenters. The fourth-order valence-corrected chi connectivity index (χ4v) is 2.74. The third kappa shape index (κ3) is 3.72. The van der Waals surface area contributed by atoms with E-state index in [4.69, 9.17) is 4.42 Å². The molecule has 2 aromatic heterocycles. The number of carbonyl (C=O) groups is 1. The molecule has 4 nitrogen and oxygen atoms in total. The van der Waals surface area contributed by atoms with Gasteiger partial charge in [-0.05, 0) is 42.3 Å². The highest BCUT2D eigenvalue weighted by Gasteiger charge is 2.18. The van der Waals surface area contributed by atoms with Crippen LogP contribution in [0.4, 0.5) is 0 Å². The molecule has 2 heterocycles. The molecule has 23 heavy (non-hydrogen) atoms. The van der Waals surface area contributed by atoms with Crippen LogP contribution in [0.2, 0.25) is 0 Å². The molecule has 1 aromatic carbocycles. The van der Waals surface area contributed by atoms with Crippen molar-refractivity contribution in [3.05, 3.63) is 84.1 Å². The second kappa shape index (κ2) is 7.01. The lowest BCUT2D eigenvalue weighted by atomic mass is 9.98. The lowest BCUT2D eigenvalue weighted by Crippen LogP contribution is -2.26. The lowest BCUT2D eigenvalue weighted by Gasteiger charge is -2.21. The Bertz CT molecular complexity index is 746. The number of nitrogens with zero attached hydrogens (tertiary/aromatic N) is 1. The lowest BCUT2D eigenvalue weighted by molar-refractivity contribution is -0.121. The quantitative estimate of drug-likeness (QED) is 0.755. The molecular weight excluding hydrogens is 288 g/mol. The Morgan fingerprint density at radius 1 is 1.13 bits per heavy atom. The van der Waals surface area contributed by atoms with E-state index in [9.17, 15) is 4.79 Å². The Morgan fingerprint density at radius 2 is 1.91 bits per heavy atom. The molecule has 3 aromatic rings. The fourth-order valence-electron chi connectivity index (χ4n) is 2.74. The van der Waals surface area contributed by atoms with E-state index >= 15 is 0 Å². The maximum absolute atomic E-state index is 12.4. The number of nitrogens with one attached hydrogen (secondary N) is 1. The average Bonchev–Trinajstić information content (AvgIpc) is 3.25. The van der Waals surface area contributed by atoms with Crippen molar-refractivity contribution in [1.82, 2.24) is 9.88 Å². The molecule has 0 spiro atoms. The summed E-state index contributed by atoms with van der Waals surface area (Å²) in [6.45, 7) is 2.49. The zero-order chi connectivity index (χ0) is 16.1. The van der Waals surface area contributed by atoms with Crippen LogP contribution in [0.25, 0.3) is 0 Å². The molecule has 1 atom stereocenters. The third-order valence-corrected chi connectivity index (χ3v) is 3.95. The van der Waals surface area contributed by atoms with E-state index in [2.05, 4.69) is 28.9 Å². The number of amides is 1. The van der Waals surface area contributed by atoms with Crippen LogP contribution in [0.5, 0.6) is 0 Å². The summed E-state index contributed by atoms with van der Waals surface area (Å²) in [7, 11) is 0. The van der Waals surface area contributed by atoms with Gasteiger partial charge in [0, 0.05) is 12.4 Å². The van der Waals surface area contributed by atoms with Crippen molar-refractivity contribution in [3.8, 4) is 0 Å². The Kier molecular flexibility index (Phi) is 4.62. The Balaban J connectivity index is 1.74. The largest absolute Gasteiger partial charge is 0.467 e. The van der Waals surface area contributed by atoms with Crippen molar-refractivity contribution < 1.29 is 9.21 Å². The SMILES string of the molecule is Cc1ccccc1C(CC(=O)NCc1ccco1)n1cccc1. The number of hydrogen-bond donors (Lipinski definition) is 1. The van der Waals surface area contributed by atoms with Crippen molar-refractivity contribution in [2.45, 2.75) is 25.9 Å². The van der Waals surface area contributed by atoms with Gasteiger partial charge in [-0.2, -0.15) is 0 Å². The summed E-state index contributed by atoms with van der Waals surface area (Å²) >= 11 is 0. The first-order valence-corrected chi connectivity index (χ1v) is 7.71. The predicted molar refractivity (Wildman–Crippen MR) is 88.9 cm³/mol. The fraction of sp³-hybridized carbons (Fsp3) is 0.211. The summed E-state index contributed by atoms with van der Waals surface area (Å²) in [6, 6.07) is 15.8. The van der Waals surface area contributed by atoms with Crippen molar-refractivity contribution >= 4 is 5.91 Å². The van der Waals surface area contributed by atoms with Crippen molar-refractivity contribution in [2.75, 3.05) is 0 Å². The number of aromatic nitrogens is 1. The van der Waals surface area contributed by atoms with Crippen molar-refractivity contribution in [2.24, 2.45) is 0 Å². The van der Waals surface area contributed by atoms with Gasteiger partial charge in [0.15, 0.2) is 0 Å². The summed E-state index contributed by atoms with van der Waals surface area (Å²) in [6.07, 6.45) is 5.99. The molecular formula is C19H20N2O2. The molecule has 118 valence electrons. The summed E-state index contributed by atoms with van der Waals surface area (Å²) in [5, 5.41) is 2.92.